The largest absolute Gasteiger partial charge is 0.491 e. The molecule has 30 heavy (non-hydrogen) atoms. The van der Waals surface area contributed by atoms with E-state index in [1.165, 1.54) is 44.2 Å². The molecule has 0 fully saturated rings. The van der Waals surface area contributed by atoms with Crippen LogP contribution in [0.5, 0.6) is 11.5 Å². The Morgan fingerprint density at radius 3 is 2.20 bits per heavy atom. The van der Waals surface area contributed by atoms with Crippen LogP contribution in [0.2, 0.25) is 15.1 Å². The Labute approximate surface area is 193 Å². The first-order valence-electron chi connectivity index (χ1n) is 10.2. The number of carbonyl (C=O) groups is 1. The lowest BCUT2D eigenvalue weighted by Gasteiger charge is -2.09. The zero-order chi connectivity index (χ0) is 21.8. The smallest absolute Gasteiger partial charge is 0.343 e. The van der Waals surface area contributed by atoms with E-state index >= 15 is 0 Å². The molecule has 0 amide bonds. The molecule has 0 unspecified atom stereocenters. The van der Waals surface area contributed by atoms with E-state index in [1.54, 1.807) is 24.3 Å². The van der Waals surface area contributed by atoms with Gasteiger partial charge in [0.15, 0.2) is 5.75 Å². The molecule has 0 saturated heterocycles. The first-order chi connectivity index (χ1) is 14.5. The van der Waals surface area contributed by atoms with Gasteiger partial charge >= 0.3 is 5.97 Å². The van der Waals surface area contributed by atoms with Gasteiger partial charge in [0, 0.05) is 12.7 Å². The van der Waals surface area contributed by atoms with E-state index in [-0.39, 0.29) is 15.8 Å². The first kappa shape index (κ1) is 24.8. The zero-order valence-corrected chi connectivity index (χ0v) is 19.4. The lowest BCUT2D eigenvalue weighted by atomic mass is 10.1. The van der Waals surface area contributed by atoms with Gasteiger partial charge < -0.3 is 14.2 Å². The number of hydrogen-bond donors (Lipinski definition) is 0. The molecule has 0 saturated carbocycles. The minimum Gasteiger partial charge on any atom is -0.491 e. The monoisotopic (exact) mass is 472 g/mol. The maximum absolute atomic E-state index is 12.3. The Morgan fingerprint density at radius 2 is 1.47 bits per heavy atom. The minimum absolute atomic E-state index is 0.152. The van der Waals surface area contributed by atoms with Gasteiger partial charge in [0.2, 0.25) is 0 Å². The summed E-state index contributed by atoms with van der Waals surface area (Å²) in [6.07, 6.45) is 7.47. The van der Waals surface area contributed by atoms with Gasteiger partial charge in [-0.1, -0.05) is 73.8 Å². The summed E-state index contributed by atoms with van der Waals surface area (Å²) >= 11 is 17.9. The van der Waals surface area contributed by atoms with Crippen molar-refractivity contribution in [2.75, 3.05) is 19.8 Å². The third-order valence-corrected chi connectivity index (χ3v) is 5.42. The number of esters is 1. The molecule has 0 spiro atoms. The number of benzene rings is 2. The summed E-state index contributed by atoms with van der Waals surface area (Å²) in [4.78, 5) is 12.3. The van der Waals surface area contributed by atoms with Crippen molar-refractivity contribution in [2.24, 2.45) is 0 Å². The Kier molecular flexibility index (Phi) is 11.4. The van der Waals surface area contributed by atoms with Crippen molar-refractivity contribution >= 4 is 40.8 Å². The number of carbonyl (C=O) groups excluding carboxylic acids is 1. The van der Waals surface area contributed by atoms with Crippen molar-refractivity contribution in [3.8, 4) is 11.5 Å². The molecular formula is C23H27Cl3O4. The standard InChI is InChI=1S/C23H27Cl3O4/c1-2-3-4-5-6-7-12-28-13-14-29-18-10-8-17(9-11-18)23(27)30-22-16-20(25)19(24)15-21(22)26/h8-11,15-16H,2-7,12-14H2,1H3. The second-order valence-corrected chi connectivity index (χ2v) is 8.06. The molecule has 0 aromatic heterocycles. The summed E-state index contributed by atoms with van der Waals surface area (Å²) in [5, 5.41) is 0.754. The number of rotatable bonds is 13. The summed E-state index contributed by atoms with van der Waals surface area (Å²) in [6, 6.07) is 9.51. The van der Waals surface area contributed by atoms with Gasteiger partial charge in [0.05, 0.1) is 27.2 Å². The van der Waals surface area contributed by atoms with Crippen LogP contribution in [0, 0.1) is 0 Å². The van der Waals surface area contributed by atoms with Crippen molar-refractivity contribution < 1.29 is 19.0 Å². The van der Waals surface area contributed by atoms with Crippen LogP contribution >= 0.6 is 34.8 Å². The Hall–Kier alpha value is -1.46. The quantitative estimate of drug-likeness (QED) is 0.130. The van der Waals surface area contributed by atoms with Crippen molar-refractivity contribution in [2.45, 2.75) is 45.4 Å². The second-order valence-electron chi connectivity index (χ2n) is 6.84. The first-order valence-corrected chi connectivity index (χ1v) is 11.3. The number of ether oxygens (including phenoxy) is 3. The average Bonchev–Trinajstić information content (AvgIpc) is 2.73. The molecular weight excluding hydrogens is 447 g/mol. The van der Waals surface area contributed by atoms with Crippen molar-refractivity contribution in [1.82, 2.24) is 0 Å². The maximum Gasteiger partial charge on any atom is 0.343 e. The average molecular weight is 474 g/mol. The minimum atomic E-state index is -0.552. The summed E-state index contributed by atoms with van der Waals surface area (Å²) in [6.45, 7) is 3.97. The molecule has 2 rings (SSSR count). The fraction of sp³-hybridized carbons (Fsp3) is 0.435. The molecule has 4 nitrogen and oxygen atoms in total. The molecule has 0 aliphatic heterocycles. The van der Waals surface area contributed by atoms with Crippen molar-refractivity contribution in [3.63, 3.8) is 0 Å². The number of hydrogen-bond acceptors (Lipinski definition) is 4. The van der Waals surface area contributed by atoms with Crippen molar-refractivity contribution in [3.05, 3.63) is 57.0 Å². The van der Waals surface area contributed by atoms with Gasteiger partial charge in [-0.25, -0.2) is 4.79 Å². The Morgan fingerprint density at radius 1 is 0.800 bits per heavy atom. The molecule has 2 aromatic rings. The Bertz CT molecular complexity index is 794. The van der Waals surface area contributed by atoms with E-state index in [0.29, 0.717) is 29.5 Å². The van der Waals surface area contributed by atoms with Crippen LogP contribution in [0.3, 0.4) is 0 Å². The summed E-state index contributed by atoms with van der Waals surface area (Å²) in [7, 11) is 0. The molecule has 0 aliphatic rings. The lowest BCUT2D eigenvalue weighted by Crippen LogP contribution is -2.10. The van der Waals surface area contributed by atoms with Gasteiger partial charge in [-0.2, -0.15) is 0 Å². The zero-order valence-electron chi connectivity index (χ0n) is 17.1. The maximum atomic E-state index is 12.3. The van der Waals surface area contributed by atoms with Gasteiger partial charge in [0.25, 0.3) is 0 Å². The highest BCUT2D eigenvalue weighted by molar-refractivity contribution is 6.43. The van der Waals surface area contributed by atoms with E-state index in [1.807, 2.05) is 0 Å². The van der Waals surface area contributed by atoms with Crippen LogP contribution in [0.25, 0.3) is 0 Å². The molecule has 0 atom stereocenters. The van der Waals surface area contributed by atoms with Crippen molar-refractivity contribution in [1.29, 1.82) is 0 Å². The molecule has 0 aliphatic carbocycles. The normalized spacial score (nSPS) is 10.8. The summed E-state index contributed by atoms with van der Waals surface area (Å²) < 4.78 is 16.5. The van der Waals surface area contributed by atoms with E-state index in [4.69, 9.17) is 49.0 Å². The third-order valence-electron chi connectivity index (χ3n) is 4.41. The van der Waals surface area contributed by atoms with Gasteiger partial charge in [0.1, 0.15) is 12.4 Å². The van der Waals surface area contributed by atoms with E-state index in [9.17, 15) is 4.79 Å². The summed E-state index contributed by atoms with van der Waals surface area (Å²) in [5.74, 6) is 0.255. The van der Waals surface area contributed by atoms with Crippen LogP contribution in [0.4, 0.5) is 0 Å². The molecule has 2 aromatic carbocycles. The SMILES string of the molecule is CCCCCCCCOCCOc1ccc(C(=O)Oc2cc(Cl)c(Cl)cc2Cl)cc1. The highest BCUT2D eigenvalue weighted by Crippen LogP contribution is 2.34. The molecule has 0 heterocycles. The van der Waals surface area contributed by atoms with Gasteiger partial charge in [-0.15, -0.1) is 0 Å². The van der Waals surface area contributed by atoms with Crippen LogP contribution in [-0.2, 0) is 4.74 Å². The predicted molar refractivity (Wildman–Crippen MR) is 123 cm³/mol. The molecule has 164 valence electrons. The van der Waals surface area contributed by atoms with E-state index in [0.717, 1.165) is 13.0 Å². The fourth-order valence-corrected chi connectivity index (χ4v) is 3.31. The van der Waals surface area contributed by atoms with E-state index < -0.39 is 5.97 Å². The summed E-state index contributed by atoms with van der Waals surface area (Å²) in [5.41, 5.74) is 0.365. The highest BCUT2D eigenvalue weighted by Gasteiger charge is 2.13. The number of unbranched alkanes of at least 4 members (excludes halogenated alkanes) is 5. The molecule has 7 heteroatoms. The highest BCUT2D eigenvalue weighted by atomic mass is 35.5. The second kappa shape index (κ2) is 13.8. The topological polar surface area (TPSA) is 44.8 Å². The van der Waals surface area contributed by atoms with Crippen LogP contribution < -0.4 is 9.47 Å². The number of halogens is 3. The predicted octanol–water partition coefficient (Wildman–Crippen LogP) is 7.62. The molecule has 0 bridgehead atoms. The van der Waals surface area contributed by atoms with Crippen LogP contribution in [0.1, 0.15) is 55.8 Å². The van der Waals surface area contributed by atoms with Gasteiger partial charge in [-0.05, 0) is 36.8 Å². The third kappa shape index (κ3) is 8.73. The molecule has 0 N–H and O–H groups in total. The lowest BCUT2D eigenvalue weighted by molar-refractivity contribution is 0.0734. The van der Waals surface area contributed by atoms with Gasteiger partial charge in [-0.3, -0.25) is 0 Å². The Balaban J connectivity index is 1.68. The van der Waals surface area contributed by atoms with Crippen LogP contribution in [-0.4, -0.2) is 25.8 Å². The van der Waals surface area contributed by atoms with E-state index in [2.05, 4.69) is 6.92 Å². The van der Waals surface area contributed by atoms with Crippen LogP contribution in [0.15, 0.2) is 36.4 Å². The molecule has 0 radical (unpaired) electrons. The fourth-order valence-electron chi connectivity index (χ4n) is 2.73.